The van der Waals surface area contributed by atoms with Gasteiger partial charge in [0.15, 0.2) is 0 Å². The van der Waals surface area contributed by atoms with Crippen LogP contribution in [0.5, 0.6) is 0 Å². The van der Waals surface area contributed by atoms with Gasteiger partial charge in [0.1, 0.15) is 0 Å². The van der Waals surface area contributed by atoms with Crippen LogP contribution >= 0.6 is 11.6 Å². The summed E-state index contributed by atoms with van der Waals surface area (Å²) in [5.41, 5.74) is 3.74. The summed E-state index contributed by atoms with van der Waals surface area (Å²) in [5.74, 6) is -0.817. The maximum absolute atomic E-state index is 13.1. The SMILES string of the molecule is Cc1ccc(S(=O)(=O)Nc2ccc(Cl)c(C(=O)Nc3cccc(NC(=O)c4ccc(C(C)(C)C)cc4)c3)c2)cc1. The monoisotopic (exact) mass is 575 g/mol. The Morgan fingerprint density at radius 1 is 0.725 bits per heavy atom. The molecule has 0 saturated carbocycles. The lowest BCUT2D eigenvalue weighted by atomic mass is 9.87. The average Bonchev–Trinajstić information content (AvgIpc) is 2.89. The molecule has 0 bridgehead atoms. The summed E-state index contributed by atoms with van der Waals surface area (Å²) >= 11 is 6.28. The van der Waals surface area contributed by atoms with Crippen LogP contribution < -0.4 is 15.4 Å². The number of rotatable bonds is 7. The number of aryl methyl sites for hydroxylation is 1. The minimum Gasteiger partial charge on any atom is -0.322 e. The predicted octanol–water partition coefficient (Wildman–Crippen LogP) is 7.25. The number of carbonyl (C=O) groups excluding carboxylic acids is 2. The lowest BCUT2D eigenvalue weighted by Gasteiger charge is -2.19. The normalized spacial score (nSPS) is 11.5. The summed E-state index contributed by atoms with van der Waals surface area (Å²) in [6, 6.07) is 24.9. The van der Waals surface area contributed by atoms with Crippen LogP contribution in [0, 0.1) is 6.92 Å². The van der Waals surface area contributed by atoms with Crippen molar-refractivity contribution in [1.29, 1.82) is 0 Å². The van der Waals surface area contributed by atoms with E-state index < -0.39 is 15.9 Å². The summed E-state index contributed by atoms with van der Waals surface area (Å²) in [6.07, 6.45) is 0. The van der Waals surface area contributed by atoms with Crippen LogP contribution in [0.2, 0.25) is 5.02 Å². The molecular weight excluding hydrogens is 546 g/mol. The molecule has 0 atom stereocenters. The van der Waals surface area contributed by atoms with E-state index in [1.807, 2.05) is 19.1 Å². The molecule has 0 spiro atoms. The molecule has 0 fully saturated rings. The highest BCUT2D eigenvalue weighted by atomic mass is 35.5. The van der Waals surface area contributed by atoms with E-state index in [2.05, 4.69) is 36.1 Å². The number of anilines is 3. The van der Waals surface area contributed by atoms with E-state index >= 15 is 0 Å². The summed E-state index contributed by atoms with van der Waals surface area (Å²) < 4.78 is 28.0. The largest absolute Gasteiger partial charge is 0.322 e. The first kappa shape index (κ1) is 28.9. The van der Waals surface area contributed by atoms with Gasteiger partial charge in [0.25, 0.3) is 21.8 Å². The summed E-state index contributed by atoms with van der Waals surface area (Å²) in [7, 11) is -3.86. The smallest absolute Gasteiger partial charge is 0.261 e. The second-order valence-corrected chi connectivity index (χ2v) is 12.5. The van der Waals surface area contributed by atoms with Crippen LogP contribution in [-0.4, -0.2) is 20.2 Å². The maximum atomic E-state index is 13.1. The van der Waals surface area contributed by atoms with E-state index in [4.69, 9.17) is 11.6 Å². The molecule has 2 amide bonds. The fourth-order valence-electron chi connectivity index (χ4n) is 3.89. The van der Waals surface area contributed by atoms with Crippen LogP contribution in [-0.2, 0) is 15.4 Å². The number of sulfonamides is 1. The number of amides is 2. The Balaban J connectivity index is 1.46. The van der Waals surface area contributed by atoms with E-state index in [1.165, 1.54) is 30.3 Å². The quantitative estimate of drug-likeness (QED) is 0.216. The van der Waals surface area contributed by atoms with Crippen LogP contribution in [0.3, 0.4) is 0 Å². The zero-order valence-corrected chi connectivity index (χ0v) is 24.2. The van der Waals surface area contributed by atoms with Crippen LogP contribution in [0.25, 0.3) is 0 Å². The highest BCUT2D eigenvalue weighted by Gasteiger charge is 2.18. The Kier molecular flexibility index (Phi) is 8.32. The molecule has 0 heterocycles. The third-order valence-electron chi connectivity index (χ3n) is 6.19. The van der Waals surface area contributed by atoms with Crippen LogP contribution in [0.4, 0.5) is 17.1 Å². The lowest BCUT2D eigenvalue weighted by molar-refractivity contribution is 0.101. The number of hydrogen-bond donors (Lipinski definition) is 3. The van der Waals surface area contributed by atoms with Gasteiger partial charge in [-0.3, -0.25) is 14.3 Å². The highest BCUT2D eigenvalue weighted by molar-refractivity contribution is 7.92. The van der Waals surface area contributed by atoms with Crippen molar-refractivity contribution in [3.05, 3.63) is 118 Å². The van der Waals surface area contributed by atoms with E-state index in [9.17, 15) is 18.0 Å². The van der Waals surface area contributed by atoms with Gasteiger partial charge in [-0.15, -0.1) is 0 Å². The third kappa shape index (κ3) is 7.08. The van der Waals surface area contributed by atoms with Gasteiger partial charge in [-0.25, -0.2) is 8.42 Å². The number of benzene rings is 4. The van der Waals surface area contributed by atoms with Crippen molar-refractivity contribution >= 4 is 50.5 Å². The molecular formula is C31H30ClN3O4S. The Labute approximate surface area is 239 Å². The van der Waals surface area contributed by atoms with Gasteiger partial charge in [-0.1, -0.05) is 68.3 Å². The molecule has 0 aromatic heterocycles. The molecule has 3 N–H and O–H groups in total. The third-order valence-corrected chi connectivity index (χ3v) is 7.91. The molecule has 40 heavy (non-hydrogen) atoms. The maximum Gasteiger partial charge on any atom is 0.261 e. The number of carbonyl (C=O) groups is 2. The minimum atomic E-state index is -3.86. The van der Waals surface area contributed by atoms with Crippen LogP contribution in [0.15, 0.2) is 95.9 Å². The first-order valence-corrected chi connectivity index (χ1v) is 14.4. The van der Waals surface area contributed by atoms with Gasteiger partial charge in [-0.2, -0.15) is 0 Å². The van der Waals surface area contributed by atoms with Crippen molar-refractivity contribution in [3.63, 3.8) is 0 Å². The first-order valence-electron chi connectivity index (χ1n) is 12.5. The second-order valence-electron chi connectivity index (χ2n) is 10.4. The summed E-state index contributed by atoms with van der Waals surface area (Å²) in [4.78, 5) is 25.9. The van der Waals surface area contributed by atoms with Gasteiger partial charge >= 0.3 is 0 Å². The average molecular weight is 576 g/mol. The predicted molar refractivity (Wildman–Crippen MR) is 161 cm³/mol. The molecule has 4 aromatic rings. The molecule has 0 radical (unpaired) electrons. The standard InChI is InChI=1S/C31H30ClN3O4S/c1-20-8-15-26(16-9-20)40(38,39)35-25-14-17-28(32)27(19-25)30(37)34-24-7-5-6-23(18-24)33-29(36)21-10-12-22(13-11-21)31(2,3)4/h5-19,35H,1-4H3,(H,33,36)(H,34,37). The van der Waals surface area contributed by atoms with Crippen molar-refractivity contribution in [1.82, 2.24) is 0 Å². The van der Waals surface area contributed by atoms with Crippen molar-refractivity contribution in [2.45, 2.75) is 38.0 Å². The zero-order chi connectivity index (χ0) is 29.1. The van der Waals surface area contributed by atoms with Crippen molar-refractivity contribution in [2.24, 2.45) is 0 Å². The summed E-state index contributed by atoms with van der Waals surface area (Å²) in [5, 5.41) is 5.75. The molecule has 206 valence electrons. The topological polar surface area (TPSA) is 104 Å². The fraction of sp³-hybridized carbons (Fsp3) is 0.161. The lowest BCUT2D eigenvalue weighted by Crippen LogP contribution is -2.16. The number of halogens is 1. The second kappa shape index (κ2) is 11.5. The molecule has 0 aliphatic rings. The van der Waals surface area contributed by atoms with Gasteiger partial charge in [0.2, 0.25) is 0 Å². The Morgan fingerprint density at radius 2 is 1.32 bits per heavy atom. The van der Waals surface area contributed by atoms with Crippen molar-refractivity contribution in [2.75, 3.05) is 15.4 Å². The molecule has 4 aromatic carbocycles. The van der Waals surface area contributed by atoms with Crippen molar-refractivity contribution in [3.8, 4) is 0 Å². The number of hydrogen-bond acceptors (Lipinski definition) is 4. The molecule has 4 rings (SSSR count). The summed E-state index contributed by atoms with van der Waals surface area (Å²) in [6.45, 7) is 8.18. The Hall–Kier alpha value is -4.14. The molecule has 0 aliphatic carbocycles. The van der Waals surface area contributed by atoms with E-state index in [1.54, 1.807) is 48.5 Å². The fourth-order valence-corrected chi connectivity index (χ4v) is 5.15. The molecule has 0 aliphatic heterocycles. The van der Waals surface area contributed by atoms with Gasteiger partial charge in [0.05, 0.1) is 15.5 Å². The van der Waals surface area contributed by atoms with Crippen molar-refractivity contribution < 1.29 is 18.0 Å². The molecule has 0 saturated heterocycles. The Bertz CT molecular complexity index is 1660. The van der Waals surface area contributed by atoms with E-state index in [0.717, 1.165) is 11.1 Å². The van der Waals surface area contributed by atoms with Gasteiger partial charge in [-0.05, 0) is 78.6 Å². The molecule has 9 heteroatoms. The van der Waals surface area contributed by atoms with Gasteiger partial charge in [0, 0.05) is 22.6 Å². The zero-order valence-electron chi connectivity index (χ0n) is 22.6. The number of nitrogens with one attached hydrogen (secondary N) is 3. The molecule has 0 unspecified atom stereocenters. The van der Waals surface area contributed by atoms with Gasteiger partial charge < -0.3 is 10.6 Å². The first-order chi connectivity index (χ1) is 18.8. The van der Waals surface area contributed by atoms with Crippen LogP contribution in [0.1, 0.15) is 52.6 Å². The minimum absolute atomic E-state index is 0.0185. The highest BCUT2D eigenvalue weighted by Crippen LogP contribution is 2.26. The van der Waals surface area contributed by atoms with E-state index in [-0.39, 0.29) is 32.5 Å². The van der Waals surface area contributed by atoms with E-state index in [0.29, 0.717) is 16.9 Å². The Morgan fingerprint density at radius 3 is 1.93 bits per heavy atom. The molecule has 7 nitrogen and oxygen atoms in total.